The lowest BCUT2D eigenvalue weighted by Crippen LogP contribution is -2.02. The van der Waals surface area contributed by atoms with Crippen LogP contribution in [0.1, 0.15) is 19.4 Å². The van der Waals surface area contributed by atoms with E-state index in [1.807, 2.05) is 38.1 Å². The normalized spacial score (nSPS) is 7.87. The Morgan fingerprint density at radius 2 is 1.60 bits per heavy atom. The number of rotatable bonds is 3. The highest BCUT2D eigenvalue weighted by atomic mass is 16.5. The van der Waals surface area contributed by atoms with Crippen LogP contribution in [0.5, 0.6) is 5.75 Å². The molecule has 0 heterocycles. The highest BCUT2D eigenvalue weighted by Crippen LogP contribution is 2.10. The van der Waals surface area contributed by atoms with Gasteiger partial charge in [-0.05, 0) is 30.7 Å². The Bertz CT molecular complexity index is 209. The van der Waals surface area contributed by atoms with Gasteiger partial charge in [0, 0.05) is 7.11 Å². The maximum absolute atomic E-state index is 7.00. The standard InChI is InChI=1S/C9H13NO.C2H6.CH4O/c1-11-9-4-2-8(3-5-9)6-7-10;2*1-2/h2-5H,6-7,10H2,1H3;1-2H3;2H,1H3. The molecule has 0 amide bonds. The summed E-state index contributed by atoms with van der Waals surface area (Å²) in [5, 5.41) is 7.00. The van der Waals surface area contributed by atoms with Crippen molar-refractivity contribution in [1.29, 1.82) is 0 Å². The van der Waals surface area contributed by atoms with Gasteiger partial charge in [0.25, 0.3) is 0 Å². The van der Waals surface area contributed by atoms with Crippen molar-refractivity contribution < 1.29 is 9.84 Å². The Kier molecular flexibility index (Phi) is 14.1. The molecule has 0 saturated heterocycles. The van der Waals surface area contributed by atoms with Crippen molar-refractivity contribution in [3.8, 4) is 5.75 Å². The van der Waals surface area contributed by atoms with Crippen molar-refractivity contribution in [2.75, 3.05) is 20.8 Å². The molecule has 1 rings (SSSR count). The lowest BCUT2D eigenvalue weighted by atomic mass is 10.1. The minimum atomic E-state index is 0.701. The number of aliphatic hydroxyl groups excluding tert-OH is 1. The van der Waals surface area contributed by atoms with Crippen molar-refractivity contribution in [2.45, 2.75) is 20.3 Å². The summed E-state index contributed by atoms with van der Waals surface area (Å²) in [5.74, 6) is 0.894. The molecule has 0 spiro atoms. The summed E-state index contributed by atoms with van der Waals surface area (Å²) in [4.78, 5) is 0. The van der Waals surface area contributed by atoms with Crippen molar-refractivity contribution >= 4 is 0 Å². The molecule has 1 aromatic carbocycles. The molecular weight excluding hydrogens is 190 g/mol. The largest absolute Gasteiger partial charge is 0.497 e. The van der Waals surface area contributed by atoms with Crippen LogP contribution in [0.4, 0.5) is 0 Å². The van der Waals surface area contributed by atoms with E-state index in [9.17, 15) is 0 Å². The van der Waals surface area contributed by atoms with Gasteiger partial charge in [0.05, 0.1) is 7.11 Å². The number of benzene rings is 1. The summed E-state index contributed by atoms with van der Waals surface area (Å²) in [5.41, 5.74) is 6.66. The molecular formula is C12H23NO2. The Morgan fingerprint density at radius 3 is 1.93 bits per heavy atom. The molecule has 0 aliphatic heterocycles. The fourth-order valence-corrected chi connectivity index (χ4v) is 0.959. The third-order valence-corrected chi connectivity index (χ3v) is 1.59. The third kappa shape index (κ3) is 7.97. The molecule has 15 heavy (non-hydrogen) atoms. The van der Waals surface area contributed by atoms with Gasteiger partial charge in [0.2, 0.25) is 0 Å². The zero-order chi connectivity index (χ0) is 12.1. The topological polar surface area (TPSA) is 55.5 Å². The minimum Gasteiger partial charge on any atom is -0.497 e. The molecule has 0 radical (unpaired) electrons. The van der Waals surface area contributed by atoms with Crippen molar-refractivity contribution in [2.24, 2.45) is 5.73 Å². The molecule has 0 aromatic heterocycles. The molecule has 0 fully saturated rings. The average Bonchev–Trinajstić information content (AvgIpc) is 2.36. The lowest BCUT2D eigenvalue weighted by molar-refractivity contribution is 0.399. The van der Waals surface area contributed by atoms with Crippen molar-refractivity contribution in [3.63, 3.8) is 0 Å². The Balaban J connectivity index is 0. The number of aliphatic hydroxyl groups is 1. The maximum Gasteiger partial charge on any atom is 0.118 e. The first-order chi connectivity index (χ1) is 7.36. The molecule has 3 nitrogen and oxygen atoms in total. The van der Waals surface area contributed by atoms with E-state index in [4.69, 9.17) is 15.6 Å². The van der Waals surface area contributed by atoms with Crippen LogP contribution in [-0.4, -0.2) is 25.9 Å². The van der Waals surface area contributed by atoms with E-state index >= 15 is 0 Å². The summed E-state index contributed by atoms with van der Waals surface area (Å²) >= 11 is 0. The van der Waals surface area contributed by atoms with Crippen LogP contribution in [0.25, 0.3) is 0 Å². The van der Waals surface area contributed by atoms with E-state index in [0.29, 0.717) is 6.54 Å². The van der Waals surface area contributed by atoms with Crippen LogP contribution in [0.15, 0.2) is 24.3 Å². The zero-order valence-corrected chi connectivity index (χ0v) is 10.2. The highest BCUT2D eigenvalue weighted by Gasteiger charge is 1.91. The maximum atomic E-state index is 7.00. The lowest BCUT2D eigenvalue weighted by Gasteiger charge is -2.00. The second-order valence-corrected chi connectivity index (χ2v) is 2.39. The van der Waals surface area contributed by atoms with E-state index < -0.39 is 0 Å². The molecule has 0 aliphatic rings. The van der Waals surface area contributed by atoms with Gasteiger partial charge in [-0.2, -0.15) is 0 Å². The van der Waals surface area contributed by atoms with Crippen molar-refractivity contribution in [1.82, 2.24) is 0 Å². The summed E-state index contributed by atoms with van der Waals surface area (Å²) in [6.07, 6.45) is 0.935. The van der Waals surface area contributed by atoms with Crippen LogP contribution >= 0.6 is 0 Å². The Morgan fingerprint density at radius 1 is 1.13 bits per heavy atom. The number of hydrogen-bond donors (Lipinski definition) is 2. The van der Waals surface area contributed by atoms with Crippen LogP contribution < -0.4 is 10.5 Å². The molecule has 88 valence electrons. The van der Waals surface area contributed by atoms with Gasteiger partial charge in [-0.25, -0.2) is 0 Å². The quantitative estimate of drug-likeness (QED) is 0.805. The van der Waals surface area contributed by atoms with Gasteiger partial charge >= 0.3 is 0 Å². The SMILES string of the molecule is CC.CO.COc1ccc(CCN)cc1. The van der Waals surface area contributed by atoms with Gasteiger partial charge < -0.3 is 15.6 Å². The molecule has 0 aliphatic carbocycles. The van der Waals surface area contributed by atoms with E-state index in [0.717, 1.165) is 19.3 Å². The predicted molar refractivity (Wildman–Crippen MR) is 65.2 cm³/mol. The average molecular weight is 213 g/mol. The first kappa shape index (κ1) is 16.4. The Hall–Kier alpha value is -1.06. The summed E-state index contributed by atoms with van der Waals surface area (Å²) in [6, 6.07) is 7.97. The van der Waals surface area contributed by atoms with E-state index in [-0.39, 0.29) is 0 Å². The van der Waals surface area contributed by atoms with Gasteiger partial charge in [-0.15, -0.1) is 0 Å². The smallest absolute Gasteiger partial charge is 0.118 e. The van der Waals surface area contributed by atoms with Gasteiger partial charge in [0.1, 0.15) is 5.75 Å². The van der Waals surface area contributed by atoms with Crippen LogP contribution in [-0.2, 0) is 6.42 Å². The molecule has 0 unspecified atom stereocenters. The number of ether oxygens (including phenoxy) is 1. The van der Waals surface area contributed by atoms with Gasteiger partial charge in [-0.1, -0.05) is 26.0 Å². The molecule has 0 bridgehead atoms. The first-order valence-corrected chi connectivity index (χ1v) is 5.14. The monoisotopic (exact) mass is 213 g/mol. The molecule has 1 aromatic rings. The van der Waals surface area contributed by atoms with Crippen molar-refractivity contribution in [3.05, 3.63) is 29.8 Å². The number of methoxy groups -OCH3 is 1. The second kappa shape index (κ2) is 12.9. The van der Waals surface area contributed by atoms with Crippen LogP contribution in [0.3, 0.4) is 0 Å². The summed E-state index contributed by atoms with van der Waals surface area (Å²) in [7, 11) is 2.66. The summed E-state index contributed by atoms with van der Waals surface area (Å²) < 4.78 is 5.02. The van der Waals surface area contributed by atoms with E-state index in [1.54, 1.807) is 7.11 Å². The Labute approximate surface area is 92.9 Å². The summed E-state index contributed by atoms with van der Waals surface area (Å²) in [6.45, 7) is 4.70. The number of hydrogen-bond acceptors (Lipinski definition) is 3. The third-order valence-electron chi connectivity index (χ3n) is 1.59. The first-order valence-electron chi connectivity index (χ1n) is 5.14. The van der Waals surface area contributed by atoms with Gasteiger partial charge in [-0.3, -0.25) is 0 Å². The van der Waals surface area contributed by atoms with Crippen LogP contribution in [0.2, 0.25) is 0 Å². The molecule has 3 heteroatoms. The fourth-order valence-electron chi connectivity index (χ4n) is 0.959. The fraction of sp³-hybridized carbons (Fsp3) is 0.500. The van der Waals surface area contributed by atoms with E-state index in [1.165, 1.54) is 5.56 Å². The van der Waals surface area contributed by atoms with Gasteiger partial charge in [0.15, 0.2) is 0 Å². The van der Waals surface area contributed by atoms with Crippen LogP contribution in [0, 0.1) is 0 Å². The molecule has 0 saturated carbocycles. The predicted octanol–water partition coefficient (Wildman–Crippen LogP) is 1.83. The number of nitrogens with two attached hydrogens (primary N) is 1. The van der Waals surface area contributed by atoms with E-state index in [2.05, 4.69) is 0 Å². The zero-order valence-electron chi connectivity index (χ0n) is 10.2. The second-order valence-electron chi connectivity index (χ2n) is 2.39. The molecule has 0 atom stereocenters. The highest BCUT2D eigenvalue weighted by molar-refractivity contribution is 5.27. The minimum absolute atomic E-state index is 0.701. The molecule has 3 N–H and O–H groups in total.